The number of fused-ring (bicyclic) bond motifs is 7. The van der Waals surface area contributed by atoms with Crippen molar-refractivity contribution in [2.75, 3.05) is 28.4 Å². The second-order valence-corrected chi connectivity index (χ2v) is 15.6. The predicted molar refractivity (Wildman–Crippen MR) is 224 cm³/mol. The lowest BCUT2D eigenvalue weighted by Crippen LogP contribution is -2.39. The van der Waals surface area contributed by atoms with Crippen LogP contribution in [-0.2, 0) is 27.3 Å². The van der Waals surface area contributed by atoms with Gasteiger partial charge < -0.3 is 59.3 Å². The first-order chi connectivity index (χ1) is 28.5. The van der Waals surface area contributed by atoms with Gasteiger partial charge >= 0.3 is 23.5 Å². The number of nitrogens with zero attached hydrogens (tertiary/aromatic N) is 1. The number of esters is 3. The summed E-state index contributed by atoms with van der Waals surface area (Å²) < 4.78 is 48.4. The Kier molecular flexibility index (Phi) is 12.5. The number of carbonyl (C=O) groups is 3. The molecule has 2 aromatic heterocycles. The first kappa shape index (κ1) is 43.5. The second-order valence-electron chi connectivity index (χ2n) is 15.6. The van der Waals surface area contributed by atoms with E-state index in [0.29, 0.717) is 38.7 Å². The van der Waals surface area contributed by atoms with Gasteiger partial charge in [-0.1, -0.05) is 47.6 Å². The van der Waals surface area contributed by atoms with E-state index in [2.05, 4.69) is 0 Å². The summed E-state index contributed by atoms with van der Waals surface area (Å²) >= 11 is 0. The molecule has 0 spiro atoms. The monoisotopic (exact) mass is 828 g/mol. The topological polar surface area (TPSA) is 229 Å². The molecule has 6 N–H and O–H groups in total. The highest BCUT2D eigenvalue weighted by Gasteiger charge is 2.35. The minimum atomic E-state index is -0.937. The zero-order valence-corrected chi connectivity index (χ0v) is 35.4. The minimum Gasteiger partial charge on any atom is -0.493 e. The number of rotatable bonds is 14. The first-order valence-corrected chi connectivity index (χ1v) is 19.6. The molecule has 0 fully saturated rings. The molecule has 0 bridgehead atoms. The Labute approximate surface area is 346 Å². The van der Waals surface area contributed by atoms with E-state index in [4.69, 9.17) is 54.8 Å². The third kappa shape index (κ3) is 7.73. The molecule has 60 heavy (non-hydrogen) atoms. The number of ether oxygens (including phenoxy) is 7. The highest BCUT2D eigenvalue weighted by molar-refractivity contribution is 6.17. The van der Waals surface area contributed by atoms with Crippen LogP contribution in [0.4, 0.5) is 0 Å². The molecule has 16 nitrogen and oxygen atoms in total. The maximum absolute atomic E-state index is 14.3. The van der Waals surface area contributed by atoms with E-state index in [-0.39, 0.29) is 82.1 Å². The number of benzene rings is 3. The van der Waals surface area contributed by atoms with Gasteiger partial charge in [-0.3, -0.25) is 0 Å². The van der Waals surface area contributed by atoms with Gasteiger partial charge in [-0.2, -0.15) is 0 Å². The average Bonchev–Trinajstić information content (AvgIpc) is 3.58. The standard InChI is InChI=1S/C44H52N4O12/c1-19(2)34(45)41(49)57-26-12-11-22(15-28(26)53-7)32-33-25-17-29(54-8)30(59-42(50)35(46)20(3)4)18-27(25)58-44(52)38(33)48-14-13-23-24(37(32)48)16-31(55-9)40(56-10)39(23)60-43(51)36(47)21(5)6/h11-12,15-21,34-36H,13-14,45-47H2,1-10H3/t34-,35-,36-/m0/s1. The molecule has 1 aliphatic rings. The van der Waals surface area contributed by atoms with Gasteiger partial charge in [0.25, 0.3) is 0 Å². The van der Waals surface area contributed by atoms with E-state index in [1.54, 1.807) is 44.2 Å². The zero-order chi connectivity index (χ0) is 43.9. The van der Waals surface area contributed by atoms with Crippen molar-refractivity contribution in [3.8, 4) is 62.6 Å². The van der Waals surface area contributed by atoms with Crippen LogP contribution in [0.25, 0.3) is 44.3 Å². The molecule has 0 saturated carbocycles. The van der Waals surface area contributed by atoms with Crippen LogP contribution in [0.2, 0.25) is 0 Å². The van der Waals surface area contributed by atoms with Crippen LogP contribution >= 0.6 is 0 Å². The maximum Gasteiger partial charge on any atom is 0.361 e. The largest absolute Gasteiger partial charge is 0.493 e. The quantitative estimate of drug-likeness (QED) is 0.0729. The summed E-state index contributed by atoms with van der Waals surface area (Å²) in [5, 5.41) is 0.878. The molecule has 5 aromatic rings. The molecule has 0 amide bonds. The van der Waals surface area contributed by atoms with Crippen LogP contribution in [0.15, 0.2) is 45.6 Å². The molecule has 320 valence electrons. The Balaban J connectivity index is 1.71. The summed E-state index contributed by atoms with van der Waals surface area (Å²) in [5.41, 5.74) is 20.8. The van der Waals surface area contributed by atoms with Crippen molar-refractivity contribution in [2.24, 2.45) is 35.0 Å². The molecular weight excluding hydrogens is 776 g/mol. The van der Waals surface area contributed by atoms with Crippen molar-refractivity contribution in [2.45, 2.75) is 72.6 Å². The molecule has 0 unspecified atom stereocenters. The summed E-state index contributed by atoms with van der Waals surface area (Å²) in [7, 11) is 5.75. The Hall–Kier alpha value is -6.10. The number of hydrogen-bond donors (Lipinski definition) is 3. The normalized spacial score (nSPS) is 13.8. The smallest absolute Gasteiger partial charge is 0.361 e. The lowest BCUT2D eigenvalue weighted by atomic mass is 9.91. The number of aromatic nitrogens is 1. The third-order valence-corrected chi connectivity index (χ3v) is 10.8. The van der Waals surface area contributed by atoms with Gasteiger partial charge in [-0.25, -0.2) is 19.2 Å². The maximum atomic E-state index is 14.3. The summed E-state index contributed by atoms with van der Waals surface area (Å²) in [5.74, 6) is -1.57. The molecule has 6 rings (SSSR count). The lowest BCUT2D eigenvalue weighted by Gasteiger charge is -2.26. The minimum absolute atomic E-state index is 0.000179. The molecule has 0 radical (unpaired) electrons. The van der Waals surface area contributed by atoms with Gasteiger partial charge in [0.2, 0.25) is 5.75 Å². The average molecular weight is 829 g/mol. The third-order valence-electron chi connectivity index (χ3n) is 10.8. The molecule has 1 aliphatic heterocycles. The first-order valence-electron chi connectivity index (χ1n) is 19.6. The fourth-order valence-electron chi connectivity index (χ4n) is 7.12. The molecule has 3 aromatic carbocycles. The van der Waals surface area contributed by atoms with Crippen molar-refractivity contribution < 1.29 is 52.0 Å². The van der Waals surface area contributed by atoms with E-state index >= 15 is 0 Å². The second kappa shape index (κ2) is 17.2. The fourth-order valence-corrected chi connectivity index (χ4v) is 7.12. The van der Waals surface area contributed by atoms with Crippen LogP contribution in [-0.4, -0.2) is 69.0 Å². The summed E-state index contributed by atoms with van der Waals surface area (Å²) in [6, 6.07) is 7.02. The van der Waals surface area contributed by atoms with Crippen LogP contribution in [0.3, 0.4) is 0 Å². The van der Waals surface area contributed by atoms with Gasteiger partial charge in [0.15, 0.2) is 34.5 Å². The summed E-state index contributed by atoms with van der Waals surface area (Å²) in [4.78, 5) is 53.8. The van der Waals surface area contributed by atoms with Crippen LogP contribution in [0.5, 0.6) is 40.2 Å². The van der Waals surface area contributed by atoms with E-state index in [9.17, 15) is 19.2 Å². The van der Waals surface area contributed by atoms with Crippen LogP contribution < -0.4 is 56.0 Å². The van der Waals surface area contributed by atoms with E-state index in [1.807, 2.05) is 32.3 Å². The molecule has 0 saturated heterocycles. The summed E-state index contributed by atoms with van der Waals surface area (Å²) in [6.07, 6.45) is 0.283. The molecule has 3 heterocycles. The van der Waals surface area contributed by atoms with Crippen molar-refractivity contribution >= 4 is 39.8 Å². The Bertz CT molecular complexity index is 2550. The van der Waals surface area contributed by atoms with Crippen LogP contribution in [0, 0.1) is 17.8 Å². The Morgan fingerprint density at radius 3 is 1.75 bits per heavy atom. The van der Waals surface area contributed by atoms with E-state index in [0.717, 1.165) is 0 Å². The number of aryl methyl sites for hydroxylation is 1. The number of carbonyl (C=O) groups excluding carboxylic acids is 3. The summed E-state index contributed by atoms with van der Waals surface area (Å²) in [6.45, 7) is 11.1. The highest BCUT2D eigenvalue weighted by atomic mass is 16.6. The van der Waals surface area contributed by atoms with Gasteiger partial charge in [-0.15, -0.1) is 0 Å². The predicted octanol–water partition coefficient (Wildman–Crippen LogP) is 5.34. The van der Waals surface area contributed by atoms with Gasteiger partial charge in [0.1, 0.15) is 29.2 Å². The van der Waals surface area contributed by atoms with Crippen molar-refractivity contribution in [3.63, 3.8) is 0 Å². The van der Waals surface area contributed by atoms with Crippen molar-refractivity contribution in [1.29, 1.82) is 0 Å². The van der Waals surface area contributed by atoms with E-state index < -0.39 is 41.7 Å². The van der Waals surface area contributed by atoms with Crippen LogP contribution in [0.1, 0.15) is 47.1 Å². The zero-order valence-electron chi connectivity index (χ0n) is 35.4. The fraction of sp³-hybridized carbons (Fsp3) is 0.409. The molecule has 0 aliphatic carbocycles. The van der Waals surface area contributed by atoms with Gasteiger partial charge in [-0.05, 0) is 54.0 Å². The van der Waals surface area contributed by atoms with E-state index in [1.165, 1.54) is 34.5 Å². The van der Waals surface area contributed by atoms with Crippen molar-refractivity contribution in [1.82, 2.24) is 4.57 Å². The van der Waals surface area contributed by atoms with Gasteiger partial charge in [0.05, 0.1) is 34.1 Å². The number of hydrogen-bond acceptors (Lipinski definition) is 15. The number of nitrogens with two attached hydrogens (primary N) is 3. The highest BCUT2D eigenvalue weighted by Crippen LogP contribution is 2.53. The SMILES string of the molecule is COc1cc(-c2c3n(c4c(=O)oc5cc(OC(=O)[C@@H](N)C(C)C)c(OC)cc5c24)CCc2c-3cc(OC)c(OC)c2OC(=O)[C@@H](N)C(C)C)ccc1OC(=O)[C@@H](N)C(C)C. The van der Waals surface area contributed by atoms with Crippen molar-refractivity contribution in [3.05, 3.63) is 52.4 Å². The Morgan fingerprint density at radius 1 is 0.650 bits per heavy atom. The van der Waals surface area contributed by atoms with Gasteiger partial charge in [0, 0.05) is 40.1 Å². The lowest BCUT2D eigenvalue weighted by molar-refractivity contribution is -0.137. The molecule has 16 heteroatoms. The number of methoxy groups -OCH3 is 4. The Morgan fingerprint density at radius 2 is 1.20 bits per heavy atom. The molecular formula is C44H52N4O12. The molecule has 3 atom stereocenters.